The molecule has 1 aliphatic carbocycles. The lowest BCUT2D eigenvalue weighted by molar-refractivity contribution is 0.284. The van der Waals surface area contributed by atoms with Crippen LogP contribution in [0.3, 0.4) is 0 Å². The maximum atomic E-state index is 13.8. The van der Waals surface area contributed by atoms with Gasteiger partial charge in [0.25, 0.3) is 0 Å². The van der Waals surface area contributed by atoms with Crippen LogP contribution in [0.5, 0.6) is 5.75 Å². The highest BCUT2D eigenvalue weighted by molar-refractivity contribution is 7.91. The highest BCUT2D eigenvalue weighted by Crippen LogP contribution is 2.31. The molecular formula is C18H27FO4S. The van der Waals surface area contributed by atoms with Crippen LogP contribution in [-0.4, -0.2) is 38.2 Å². The molecule has 0 spiro atoms. The van der Waals surface area contributed by atoms with Crippen LogP contribution in [0, 0.1) is 11.7 Å². The van der Waals surface area contributed by atoms with E-state index in [4.69, 9.17) is 9.84 Å². The fraction of sp³-hybridized carbons (Fsp3) is 0.667. The largest absolute Gasteiger partial charge is 0.490 e. The third kappa shape index (κ3) is 6.40. The van der Waals surface area contributed by atoms with E-state index in [1.54, 1.807) is 12.1 Å². The molecule has 0 heterocycles. The van der Waals surface area contributed by atoms with Gasteiger partial charge in [-0.05, 0) is 55.2 Å². The van der Waals surface area contributed by atoms with Gasteiger partial charge >= 0.3 is 0 Å². The summed E-state index contributed by atoms with van der Waals surface area (Å²) in [5.74, 6) is 0.301. The van der Waals surface area contributed by atoms with Crippen molar-refractivity contribution < 1.29 is 22.7 Å². The van der Waals surface area contributed by atoms with Crippen LogP contribution >= 0.6 is 0 Å². The summed E-state index contributed by atoms with van der Waals surface area (Å²) in [5.41, 5.74) is 0.779. The van der Waals surface area contributed by atoms with Crippen molar-refractivity contribution in [3.8, 4) is 5.75 Å². The number of halogens is 1. The molecule has 0 unspecified atom stereocenters. The van der Waals surface area contributed by atoms with Crippen LogP contribution in [0.15, 0.2) is 18.2 Å². The zero-order valence-corrected chi connectivity index (χ0v) is 15.0. The number of aliphatic hydroxyl groups is 1. The van der Waals surface area contributed by atoms with E-state index in [0.717, 1.165) is 18.4 Å². The number of hydrogen-bond donors (Lipinski definition) is 1. The van der Waals surface area contributed by atoms with Crippen molar-refractivity contribution >= 4 is 9.84 Å². The summed E-state index contributed by atoms with van der Waals surface area (Å²) in [6.45, 7) is 2.46. The number of unbranched alkanes of at least 4 members (excludes halogenated alkanes) is 2. The first-order chi connectivity index (χ1) is 11.4. The first-order valence-electron chi connectivity index (χ1n) is 8.65. The van der Waals surface area contributed by atoms with Crippen LogP contribution in [0.1, 0.15) is 50.5 Å². The number of ether oxygens (including phenoxy) is 1. The minimum absolute atomic E-state index is 0.0415. The maximum absolute atomic E-state index is 13.8. The third-order valence-electron chi connectivity index (χ3n) is 4.31. The van der Waals surface area contributed by atoms with Gasteiger partial charge in [-0.1, -0.05) is 19.4 Å². The summed E-state index contributed by atoms with van der Waals surface area (Å²) >= 11 is 0. The lowest BCUT2D eigenvalue weighted by atomic mass is 10.0. The summed E-state index contributed by atoms with van der Waals surface area (Å²) in [7, 11) is -3.16. The van der Waals surface area contributed by atoms with E-state index >= 15 is 0 Å². The molecule has 6 heteroatoms. The van der Waals surface area contributed by atoms with Gasteiger partial charge in [0.05, 0.1) is 18.1 Å². The molecule has 0 aliphatic heterocycles. The predicted octanol–water partition coefficient (Wildman–Crippen LogP) is 3.30. The quantitative estimate of drug-likeness (QED) is 0.617. The van der Waals surface area contributed by atoms with Gasteiger partial charge in [-0.15, -0.1) is 0 Å². The molecule has 1 fully saturated rings. The van der Waals surface area contributed by atoms with Gasteiger partial charge in [-0.2, -0.15) is 0 Å². The second-order valence-corrected chi connectivity index (χ2v) is 8.97. The van der Waals surface area contributed by atoms with Crippen LogP contribution in [0.2, 0.25) is 0 Å². The Morgan fingerprint density at radius 3 is 2.71 bits per heavy atom. The summed E-state index contributed by atoms with van der Waals surface area (Å²) in [4.78, 5) is 0. The maximum Gasteiger partial charge on any atom is 0.165 e. The van der Waals surface area contributed by atoms with Crippen molar-refractivity contribution in [2.45, 2.75) is 44.9 Å². The van der Waals surface area contributed by atoms with E-state index in [9.17, 15) is 12.8 Å². The highest BCUT2D eigenvalue weighted by atomic mass is 32.2. The highest BCUT2D eigenvalue weighted by Gasteiger charge is 2.23. The number of aliphatic hydroxyl groups excluding tert-OH is 1. The second kappa shape index (κ2) is 8.81. The minimum Gasteiger partial charge on any atom is -0.490 e. The Kier molecular flexibility index (Phi) is 7.04. The Bertz CT molecular complexity index is 626. The molecule has 24 heavy (non-hydrogen) atoms. The molecule has 0 saturated heterocycles. The Hall–Kier alpha value is -1.14. The van der Waals surface area contributed by atoms with E-state index in [1.165, 1.54) is 6.07 Å². The van der Waals surface area contributed by atoms with Crippen molar-refractivity contribution in [1.29, 1.82) is 0 Å². The normalized spacial score (nSPS) is 16.1. The van der Waals surface area contributed by atoms with Gasteiger partial charge in [0.2, 0.25) is 0 Å². The van der Waals surface area contributed by atoms with Crippen molar-refractivity contribution in [2.75, 3.05) is 24.7 Å². The average molecular weight is 358 g/mol. The lowest BCUT2D eigenvalue weighted by Crippen LogP contribution is -2.16. The molecule has 1 aromatic carbocycles. The number of sulfone groups is 1. The molecule has 0 amide bonds. The molecule has 136 valence electrons. The van der Waals surface area contributed by atoms with E-state index in [2.05, 4.69) is 0 Å². The zero-order chi connectivity index (χ0) is 17.6. The first-order valence-corrected chi connectivity index (χ1v) is 10.5. The van der Waals surface area contributed by atoms with E-state index < -0.39 is 15.7 Å². The molecular weight excluding hydrogens is 331 g/mol. The summed E-state index contributed by atoms with van der Waals surface area (Å²) in [5, 5.41) is 8.73. The Labute approximate surface area is 144 Å². The van der Waals surface area contributed by atoms with Crippen molar-refractivity contribution in [2.24, 2.45) is 5.92 Å². The molecule has 0 bridgehead atoms. The van der Waals surface area contributed by atoms with Crippen LogP contribution in [0.25, 0.3) is 0 Å². The van der Waals surface area contributed by atoms with Crippen LogP contribution in [-0.2, 0) is 9.84 Å². The van der Waals surface area contributed by atoms with Gasteiger partial charge in [-0.25, -0.2) is 12.8 Å². The molecule has 2 rings (SSSR count). The molecule has 1 saturated carbocycles. The molecule has 0 aromatic heterocycles. The SMILES string of the molecule is C[C@@H](CS(=O)(=O)CCCCCO)c1ccc(F)c(OCC2CC2)c1. The molecule has 1 N–H and O–H groups in total. The zero-order valence-electron chi connectivity index (χ0n) is 14.2. The number of hydrogen-bond acceptors (Lipinski definition) is 4. The van der Waals surface area contributed by atoms with Gasteiger partial charge in [0.15, 0.2) is 21.4 Å². The van der Waals surface area contributed by atoms with Crippen molar-refractivity contribution in [3.05, 3.63) is 29.6 Å². The van der Waals surface area contributed by atoms with Gasteiger partial charge in [0, 0.05) is 6.61 Å². The van der Waals surface area contributed by atoms with E-state index in [-0.39, 0.29) is 29.8 Å². The van der Waals surface area contributed by atoms with E-state index in [0.29, 0.717) is 31.8 Å². The summed E-state index contributed by atoms with van der Waals surface area (Å²) in [6.07, 6.45) is 4.16. The molecule has 0 radical (unpaired) electrons. The molecule has 1 aromatic rings. The topological polar surface area (TPSA) is 63.6 Å². The van der Waals surface area contributed by atoms with Crippen molar-refractivity contribution in [3.63, 3.8) is 0 Å². The van der Waals surface area contributed by atoms with Gasteiger partial charge in [0.1, 0.15) is 0 Å². The molecule has 4 nitrogen and oxygen atoms in total. The van der Waals surface area contributed by atoms with E-state index in [1.807, 2.05) is 6.92 Å². The number of rotatable bonds is 11. The van der Waals surface area contributed by atoms with Crippen LogP contribution < -0.4 is 4.74 Å². The average Bonchev–Trinajstić information content (AvgIpc) is 3.34. The summed E-state index contributed by atoms with van der Waals surface area (Å²) in [6, 6.07) is 4.61. The second-order valence-electron chi connectivity index (χ2n) is 6.74. The monoisotopic (exact) mass is 358 g/mol. The summed E-state index contributed by atoms with van der Waals surface area (Å²) < 4.78 is 43.7. The smallest absolute Gasteiger partial charge is 0.165 e. The Balaban J connectivity index is 1.92. The molecule has 1 aliphatic rings. The Morgan fingerprint density at radius 2 is 2.04 bits per heavy atom. The predicted molar refractivity (Wildman–Crippen MR) is 92.6 cm³/mol. The fourth-order valence-electron chi connectivity index (χ4n) is 2.60. The lowest BCUT2D eigenvalue weighted by Gasteiger charge is -2.15. The first kappa shape index (κ1) is 19.2. The van der Waals surface area contributed by atoms with Gasteiger partial charge < -0.3 is 9.84 Å². The standard InChI is InChI=1S/C18H27FO4S/c1-14(13-24(21,22)10-4-2-3-9-20)16-7-8-17(19)18(11-16)23-12-15-5-6-15/h7-8,11,14-15,20H,2-6,9-10,12-13H2,1H3/t14-/m0/s1. The Morgan fingerprint density at radius 1 is 1.29 bits per heavy atom. The third-order valence-corrected chi connectivity index (χ3v) is 6.23. The van der Waals surface area contributed by atoms with Gasteiger partial charge in [-0.3, -0.25) is 0 Å². The number of benzene rings is 1. The fourth-order valence-corrected chi connectivity index (χ4v) is 4.37. The minimum atomic E-state index is -3.16. The molecule has 1 atom stereocenters. The van der Waals surface area contributed by atoms with Crippen molar-refractivity contribution in [1.82, 2.24) is 0 Å². The van der Waals surface area contributed by atoms with Crippen LogP contribution in [0.4, 0.5) is 4.39 Å².